The molecule has 1 aromatic carbocycles. The minimum Gasteiger partial charge on any atom is -0.478 e. The Morgan fingerprint density at radius 2 is 1.31 bits per heavy atom. The minimum atomic E-state index is -0.879. The van der Waals surface area contributed by atoms with Crippen LogP contribution in [0.5, 0.6) is 0 Å². The molecular formula is C9H15Cl4O2Ti-. The van der Waals surface area contributed by atoms with Crippen molar-refractivity contribution in [3.8, 4) is 0 Å². The summed E-state index contributed by atoms with van der Waals surface area (Å²) in [5, 5.41) is 8.38. The van der Waals surface area contributed by atoms with E-state index < -0.39 is 5.97 Å². The van der Waals surface area contributed by atoms with E-state index >= 15 is 0 Å². The van der Waals surface area contributed by atoms with E-state index in [1.165, 1.54) is 0 Å². The summed E-state index contributed by atoms with van der Waals surface area (Å²) in [5.74, 6) is -0.879. The molecule has 0 saturated carbocycles. The average molecular weight is 345 g/mol. The Kier molecular flexibility index (Phi) is 55.5. The van der Waals surface area contributed by atoms with Gasteiger partial charge in [0, 0.05) is 21.7 Å². The van der Waals surface area contributed by atoms with E-state index in [-0.39, 0.29) is 71.3 Å². The molecule has 2 nitrogen and oxygen atoms in total. The van der Waals surface area contributed by atoms with Crippen molar-refractivity contribution >= 4 is 55.6 Å². The van der Waals surface area contributed by atoms with Crippen LogP contribution >= 0.6 is 49.6 Å². The van der Waals surface area contributed by atoms with Crippen molar-refractivity contribution in [1.29, 1.82) is 0 Å². The van der Waals surface area contributed by atoms with Crippen LogP contribution in [0.3, 0.4) is 0 Å². The van der Waals surface area contributed by atoms with Crippen molar-refractivity contribution in [1.82, 2.24) is 0 Å². The molecule has 0 aromatic heterocycles. The van der Waals surface area contributed by atoms with Gasteiger partial charge in [-0.2, -0.15) is 6.92 Å². The van der Waals surface area contributed by atoms with Crippen molar-refractivity contribution in [2.24, 2.45) is 0 Å². The molecule has 96 valence electrons. The molecule has 0 aliphatic heterocycles. The number of carboxylic acids is 1. The van der Waals surface area contributed by atoms with Gasteiger partial charge in [0.2, 0.25) is 0 Å². The van der Waals surface area contributed by atoms with Gasteiger partial charge >= 0.3 is 5.97 Å². The molecule has 0 unspecified atom stereocenters. The topological polar surface area (TPSA) is 37.3 Å². The predicted molar refractivity (Wildman–Crippen MR) is 73.4 cm³/mol. The van der Waals surface area contributed by atoms with Gasteiger partial charge < -0.3 is 12.0 Å². The molecule has 0 heterocycles. The van der Waals surface area contributed by atoms with E-state index in [2.05, 4.69) is 6.92 Å². The molecule has 7 heteroatoms. The summed E-state index contributed by atoms with van der Waals surface area (Å²) in [6.45, 7) is 5.00. The van der Waals surface area contributed by atoms with Crippen molar-refractivity contribution in [3.63, 3.8) is 0 Å². The Balaban J connectivity index is -0.0000000339. The monoisotopic (exact) mass is 343 g/mol. The van der Waals surface area contributed by atoms with Crippen LogP contribution in [0.2, 0.25) is 0 Å². The zero-order valence-corrected chi connectivity index (χ0v) is 13.4. The molecule has 16 heavy (non-hydrogen) atoms. The van der Waals surface area contributed by atoms with Gasteiger partial charge in [0.1, 0.15) is 0 Å². The normalized spacial score (nSPS) is 5.38. The molecule has 0 fully saturated rings. The van der Waals surface area contributed by atoms with E-state index in [1.807, 2.05) is 0 Å². The number of benzene rings is 1. The molecule has 0 amide bonds. The summed E-state index contributed by atoms with van der Waals surface area (Å²) < 4.78 is 0. The third-order valence-electron chi connectivity index (χ3n) is 1.02. The van der Waals surface area contributed by atoms with E-state index in [4.69, 9.17) is 5.11 Å². The Morgan fingerprint density at radius 1 is 1.00 bits per heavy atom. The fourth-order valence-corrected chi connectivity index (χ4v) is 0.581. The Hall–Kier alpha value is 0.564. The molecule has 0 saturated heterocycles. The molecular weight excluding hydrogens is 330 g/mol. The quantitative estimate of drug-likeness (QED) is 0.619. The Morgan fingerprint density at radius 3 is 1.50 bits per heavy atom. The standard InChI is InChI=1S/C7H6O2.C2H5.4ClH.Ti/c8-7(9)6-4-2-1-3-5-6;1-2;;;;;/h1-5H,(H,8,9);1H2,2H3;4*1H;/q;-1;;;;;. The van der Waals surface area contributed by atoms with Gasteiger partial charge in [-0.05, 0) is 12.1 Å². The minimum absolute atomic E-state index is 0. The van der Waals surface area contributed by atoms with E-state index in [0.29, 0.717) is 5.56 Å². The van der Waals surface area contributed by atoms with Gasteiger partial charge in [-0.25, -0.2) is 4.79 Å². The number of carboxylic acid groups (broad SMARTS) is 1. The average Bonchev–Trinajstić information content (AvgIpc) is 2.10. The van der Waals surface area contributed by atoms with Gasteiger partial charge in [0.15, 0.2) is 0 Å². The van der Waals surface area contributed by atoms with Crippen LogP contribution in [0.4, 0.5) is 0 Å². The first-order valence-electron chi connectivity index (χ1n) is 3.30. The zero-order valence-electron chi connectivity index (χ0n) is 8.58. The Bertz CT molecular complexity index is 222. The molecule has 0 atom stereocenters. The van der Waals surface area contributed by atoms with Gasteiger partial charge in [-0.15, -0.1) is 49.6 Å². The molecule has 0 spiro atoms. The molecule has 0 radical (unpaired) electrons. The van der Waals surface area contributed by atoms with E-state index in [0.717, 1.165) is 0 Å². The molecule has 1 aromatic rings. The third kappa shape index (κ3) is 17.0. The summed E-state index contributed by atoms with van der Waals surface area (Å²) in [4.78, 5) is 10.2. The summed E-state index contributed by atoms with van der Waals surface area (Å²) >= 11 is 0. The van der Waals surface area contributed by atoms with Crippen molar-refractivity contribution < 1.29 is 31.6 Å². The second-order valence-corrected chi connectivity index (χ2v) is 1.67. The van der Waals surface area contributed by atoms with Crippen LogP contribution in [0.15, 0.2) is 30.3 Å². The van der Waals surface area contributed by atoms with Crippen LogP contribution < -0.4 is 0 Å². The molecule has 1 N–H and O–H groups in total. The molecule has 0 aliphatic rings. The first-order chi connectivity index (χ1) is 5.30. The smallest absolute Gasteiger partial charge is 0.335 e. The van der Waals surface area contributed by atoms with E-state index in [9.17, 15) is 4.79 Å². The summed E-state index contributed by atoms with van der Waals surface area (Å²) in [5.41, 5.74) is 0.331. The fourth-order valence-electron chi connectivity index (χ4n) is 0.581. The SMILES string of the molecule is Cl.Cl.Cl.Cl.O=C(O)c1ccccc1.[CH2-]C.[Ti]. The predicted octanol–water partition coefficient (Wildman–Crippen LogP) is 3.91. The molecule has 0 bridgehead atoms. The van der Waals surface area contributed by atoms with Crippen molar-refractivity contribution in [2.45, 2.75) is 6.92 Å². The summed E-state index contributed by atoms with van der Waals surface area (Å²) in [6.07, 6.45) is 0. The second kappa shape index (κ2) is 24.7. The number of carbonyl (C=O) groups is 1. The number of halogens is 4. The fraction of sp³-hybridized carbons (Fsp3) is 0.111. The summed E-state index contributed by atoms with van der Waals surface area (Å²) in [7, 11) is 0. The number of rotatable bonds is 1. The first kappa shape index (κ1) is 36.0. The summed E-state index contributed by atoms with van der Waals surface area (Å²) in [6, 6.07) is 8.30. The van der Waals surface area contributed by atoms with Crippen LogP contribution in [0.1, 0.15) is 17.3 Å². The van der Waals surface area contributed by atoms with Crippen LogP contribution in [0.25, 0.3) is 0 Å². The van der Waals surface area contributed by atoms with Gasteiger partial charge in [0.25, 0.3) is 0 Å². The van der Waals surface area contributed by atoms with Crippen molar-refractivity contribution in [2.75, 3.05) is 0 Å². The maximum absolute atomic E-state index is 10.2. The number of aromatic carboxylic acids is 1. The number of hydrogen-bond acceptors (Lipinski definition) is 1. The van der Waals surface area contributed by atoms with E-state index in [1.54, 1.807) is 37.3 Å². The van der Waals surface area contributed by atoms with Crippen molar-refractivity contribution in [3.05, 3.63) is 42.8 Å². The van der Waals surface area contributed by atoms with Crippen LogP contribution in [-0.2, 0) is 21.7 Å². The van der Waals surface area contributed by atoms with Gasteiger partial charge in [-0.3, -0.25) is 0 Å². The Labute approximate surface area is 136 Å². The maximum atomic E-state index is 10.2. The third-order valence-corrected chi connectivity index (χ3v) is 1.02. The van der Waals surface area contributed by atoms with Crippen LogP contribution in [-0.4, -0.2) is 11.1 Å². The first-order valence-corrected chi connectivity index (χ1v) is 3.30. The van der Waals surface area contributed by atoms with Crippen LogP contribution in [0, 0.1) is 6.92 Å². The molecule has 0 aliphatic carbocycles. The number of hydrogen-bond donors (Lipinski definition) is 1. The largest absolute Gasteiger partial charge is 0.478 e. The van der Waals surface area contributed by atoms with Gasteiger partial charge in [0.05, 0.1) is 5.56 Å². The van der Waals surface area contributed by atoms with Gasteiger partial charge in [-0.1, -0.05) is 18.2 Å². The zero-order chi connectivity index (χ0) is 8.69. The maximum Gasteiger partial charge on any atom is 0.335 e. The second-order valence-electron chi connectivity index (χ2n) is 1.67. The molecule has 1 rings (SSSR count).